The number of aryl methyl sites for hydroxylation is 1. The Morgan fingerprint density at radius 3 is 2.47 bits per heavy atom. The van der Waals surface area contributed by atoms with Crippen LogP contribution in [0.3, 0.4) is 0 Å². The number of carbonyl (C=O) groups excluding carboxylic acids is 3. The molecule has 0 saturated carbocycles. The van der Waals surface area contributed by atoms with Gasteiger partial charge in [0.15, 0.2) is 0 Å². The molecule has 5 rings (SSSR count). The van der Waals surface area contributed by atoms with E-state index in [0.717, 1.165) is 29.8 Å². The molecule has 1 N–H and O–H groups in total. The van der Waals surface area contributed by atoms with Gasteiger partial charge in [-0.1, -0.05) is 6.07 Å². The van der Waals surface area contributed by atoms with Gasteiger partial charge in [0, 0.05) is 62.5 Å². The number of fused-ring (bicyclic) bond motifs is 1. The van der Waals surface area contributed by atoms with Crippen LogP contribution in [-0.2, 0) is 22.7 Å². The fourth-order valence-corrected chi connectivity index (χ4v) is 5.11. The van der Waals surface area contributed by atoms with Gasteiger partial charge in [-0.15, -0.1) is 0 Å². The molecule has 2 aromatic carbocycles. The van der Waals surface area contributed by atoms with E-state index in [-0.39, 0.29) is 42.6 Å². The van der Waals surface area contributed by atoms with Crippen molar-refractivity contribution in [1.82, 2.24) is 15.1 Å². The minimum absolute atomic E-state index is 0.174. The molecule has 0 aromatic heterocycles. The van der Waals surface area contributed by atoms with Crippen LogP contribution in [0.4, 0.5) is 14.5 Å². The number of piperidine rings is 1. The average Bonchev–Trinajstić information content (AvgIpc) is 3.12. The van der Waals surface area contributed by atoms with Gasteiger partial charge in [-0.05, 0) is 48.7 Å². The highest BCUT2D eigenvalue weighted by Gasteiger charge is 2.41. The number of rotatable bonds is 4. The Hall–Kier alpha value is -3.33. The van der Waals surface area contributed by atoms with Crippen molar-refractivity contribution >= 4 is 23.4 Å². The summed E-state index contributed by atoms with van der Waals surface area (Å²) in [6.45, 7) is 5.62. The molecule has 2 aromatic rings. The predicted octanol–water partition coefficient (Wildman–Crippen LogP) is 2.36. The zero-order valence-corrected chi connectivity index (χ0v) is 18.9. The van der Waals surface area contributed by atoms with Gasteiger partial charge in [-0.3, -0.25) is 24.6 Å². The molecule has 178 valence electrons. The standard InChI is InChI=1S/C25H26F2N4O3/c1-15-10-17(26)3-2-16(15)13-29-6-8-30(9-7-29)22-12-18(27)11-19-20(22)14-31(25(19)34)21-4-5-23(32)28-24(21)33/h2-3,10-12,21H,4-9,13-14H2,1H3,(H,28,32,33). The van der Waals surface area contributed by atoms with Crippen LogP contribution in [0.2, 0.25) is 0 Å². The van der Waals surface area contributed by atoms with Gasteiger partial charge in [0.25, 0.3) is 5.91 Å². The Labute approximate surface area is 196 Å². The average molecular weight is 469 g/mol. The van der Waals surface area contributed by atoms with Crippen molar-refractivity contribution in [2.75, 3.05) is 31.1 Å². The third-order valence-electron chi connectivity index (χ3n) is 7.01. The molecule has 3 heterocycles. The minimum atomic E-state index is -0.732. The number of imide groups is 1. The van der Waals surface area contributed by atoms with Gasteiger partial charge in [-0.25, -0.2) is 8.78 Å². The first kappa shape index (κ1) is 22.5. The van der Waals surface area contributed by atoms with Crippen LogP contribution < -0.4 is 10.2 Å². The second kappa shape index (κ2) is 8.79. The summed E-state index contributed by atoms with van der Waals surface area (Å²) in [5.74, 6) is -1.94. The molecule has 0 radical (unpaired) electrons. The maximum atomic E-state index is 14.5. The number of carbonyl (C=O) groups is 3. The number of piperazine rings is 1. The van der Waals surface area contributed by atoms with Gasteiger partial charge in [0.1, 0.15) is 17.7 Å². The summed E-state index contributed by atoms with van der Waals surface area (Å²) in [5, 5.41) is 2.29. The molecule has 3 amide bonds. The van der Waals surface area contributed by atoms with E-state index in [0.29, 0.717) is 25.3 Å². The highest BCUT2D eigenvalue weighted by atomic mass is 19.1. The fourth-order valence-electron chi connectivity index (χ4n) is 5.11. The Bertz CT molecular complexity index is 1180. The van der Waals surface area contributed by atoms with Crippen LogP contribution in [0.1, 0.15) is 39.9 Å². The monoisotopic (exact) mass is 468 g/mol. The zero-order valence-electron chi connectivity index (χ0n) is 18.9. The lowest BCUT2D eigenvalue weighted by molar-refractivity contribution is -0.136. The van der Waals surface area contributed by atoms with E-state index in [1.807, 2.05) is 13.0 Å². The molecule has 1 unspecified atom stereocenters. The van der Waals surface area contributed by atoms with E-state index in [1.165, 1.54) is 29.2 Å². The van der Waals surface area contributed by atoms with Crippen LogP contribution in [0.25, 0.3) is 0 Å². The maximum Gasteiger partial charge on any atom is 0.255 e. The molecule has 3 aliphatic rings. The van der Waals surface area contributed by atoms with E-state index in [9.17, 15) is 23.2 Å². The molecule has 9 heteroatoms. The molecule has 2 fully saturated rings. The summed E-state index contributed by atoms with van der Waals surface area (Å²) in [7, 11) is 0. The molecule has 7 nitrogen and oxygen atoms in total. The predicted molar refractivity (Wildman–Crippen MR) is 121 cm³/mol. The van der Waals surface area contributed by atoms with E-state index < -0.39 is 17.8 Å². The molecular formula is C25H26F2N4O3. The summed E-state index contributed by atoms with van der Waals surface area (Å²) in [6.07, 6.45) is 0.441. The first-order chi connectivity index (χ1) is 16.3. The Morgan fingerprint density at radius 2 is 1.76 bits per heavy atom. The molecule has 1 atom stereocenters. The van der Waals surface area contributed by atoms with E-state index in [2.05, 4.69) is 15.1 Å². The SMILES string of the molecule is Cc1cc(F)ccc1CN1CCN(c2cc(F)cc3c2CN(C2CCC(=O)NC2=O)C3=O)CC1. The smallest absolute Gasteiger partial charge is 0.255 e. The Kier molecular flexibility index (Phi) is 5.81. The van der Waals surface area contributed by atoms with E-state index >= 15 is 0 Å². The molecule has 3 aliphatic heterocycles. The van der Waals surface area contributed by atoms with Gasteiger partial charge >= 0.3 is 0 Å². The van der Waals surface area contributed by atoms with Crippen molar-refractivity contribution in [2.45, 2.75) is 38.9 Å². The number of hydrogen-bond donors (Lipinski definition) is 1. The van der Waals surface area contributed by atoms with Crippen LogP contribution >= 0.6 is 0 Å². The molecule has 34 heavy (non-hydrogen) atoms. The van der Waals surface area contributed by atoms with Crippen molar-refractivity contribution < 1.29 is 23.2 Å². The van der Waals surface area contributed by atoms with E-state index in [1.54, 1.807) is 0 Å². The van der Waals surface area contributed by atoms with Crippen molar-refractivity contribution in [3.8, 4) is 0 Å². The summed E-state index contributed by atoms with van der Waals surface area (Å²) in [4.78, 5) is 42.7. The summed E-state index contributed by atoms with van der Waals surface area (Å²) >= 11 is 0. The lowest BCUT2D eigenvalue weighted by Gasteiger charge is -2.37. The van der Waals surface area contributed by atoms with Gasteiger partial charge < -0.3 is 9.80 Å². The second-order valence-corrected chi connectivity index (χ2v) is 9.18. The number of nitrogens with zero attached hydrogens (tertiary/aromatic N) is 3. The molecule has 0 aliphatic carbocycles. The number of nitrogens with one attached hydrogen (secondary N) is 1. The zero-order chi connectivity index (χ0) is 24.0. The molecular weight excluding hydrogens is 442 g/mol. The van der Waals surface area contributed by atoms with Gasteiger partial charge in [0.2, 0.25) is 11.8 Å². The van der Waals surface area contributed by atoms with Gasteiger partial charge in [0.05, 0.1) is 0 Å². The Morgan fingerprint density at radius 1 is 1.00 bits per heavy atom. The molecule has 2 saturated heterocycles. The highest BCUT2D eigenvalue weighted by molar-refractivity contribution is 6.06. The first-order valence-electron chi connectivity index (χ1n) is 11.5. The number of amides is 3. The summed E-state index contributed by atoms with van der Waals surface area (Å²) in [6, 6.07) is 6.78. The number of hydrogen-bond acceptors (Lipinski definition) is 5. The van der Waals surface area contributed by atoms with E-state index in [4.69, 9.17) is 0 Å². The van der Waals surface area contributed by atoms with Crippen molar-refractivity contribution in [2.24, 2.45) is 0 Å². The number of anilines is 1. The largest absolute Gasteiger partial charge is 0.369 e. The van der Waals surface area contributed by atoms with Crippen molar-refractivity contribution in [1.29, 1.82) is 0 Å². The molecule has 0 bridgehead atoms. The number of halogens is 2. The third kappa shape index (κ3) is 4.16. The topological polar surface area (TPSA) is 73.0 Å². The van der Waals surface area contributed by atoms with Crippen molar-refractivity contribution in [3.63, 3.8) is 0 Å². The lowest BCUT2D eigenvalue weighted by atomic mass is 10.0. The lowest BCUT2D eigenvalue weighted by Crippen LogP contribution is -2.52. The summed E-state index contributed by atoms with van der Waals surface area (Å²) in [5.41, 5.74) is 3.67. The summed E-state index contributed by atoms with van der Waals surface area (Å²) < 4.78 is 27.9. The van der Waals surface area contributed by atoms with Crippen molar-refractivity contribution in [3.05, 3.63) is 64.2 Å². The normalized spacial score (nSPS) is 21.1. The highest BCUT2D eigenvalue weighted by Crippen LogP contribution is 2.35. The molecule has 0 spiro atoms. The Balaban J connectivity index is 1.31. The second-order valence-electron chi connectivity index (χ2n) is 9.18. The quantitative estimate of drug-likeness (QED) is 0.698. The van der Waals surface area contributed by atoms with Crippen LogP contribution in [0.5, 0.6) is 0 Å². The van der Waals surface area contributed by atoms with Crippen LogP contribution in [0.15, 0.2) is 30.3 Å². The minimum Gasteiger partial charge on any atom is -0.369 e. The number of benzene rings is 2. The third-order valence-corrected chi connectivity index (χ3v) is 7.01. The first-order valence-corrected chi connectivity index (χ1v) is 11.5. The van der Waals surface area contributed by atoms with Crippen LogP contribution in [-0.4, -0.2) is 59.7 Å². The fraction of sp³-hybridized carbons (Fsp3) is 0.400. The van der Waals surface area contributed by atoms with Crippen LogP contribution in [0, 0.1) is 18.6 Å². The maximum absolute atomic E-state index is 14.5. The van der Waals surface area contributed by atoms with Gasteiger partial charge in [-0.2, -0.15) is 0 Å².